The molecule has 3 rings (SSSR count). The number of benzene rings is 1. The maximum absolute atomic E-state index is 12.5. The van der Waals surface area contributed by atoms with Crippen molar-refractivity contribution < 1.29 is 14.4 Å². The third-order valence-electron chi connectivity index (χ3n) is 4.67. The molecule has 6 nitrogen and oxygen atoms in total. The van der Waals surface area contributed by atoms with E-state index >= 15 is 0 Å². The van der Waals surface area contributed by atoms with Crippen LogP contribution in [0, 0.1) is 6.92 Å². The Morgan fingerprint density at radius 2 is 1.87 bits per heavy atom. The second kappa shape index (κ2) is 6.12. The van der Waals surface area contributed by atoms with Crippen molar-refractivity contribution in [3.05, 3.63) is 34.9 Å². The maximum Gasteiger partial charge on any atom is 0.262 e. The summed E-state index contributed by atoms with van der Waals surface area (Å²) in [6.07, 6.45) is 1.78. The number of nitrogens with one attached hydrogen (secondary N) is 1. The molecule has 0 atom stereocenters. The Kier molecular flexibility index (Phi) is 4.17. The lowest BCUT2D eigenvalue weighted by Gasteiger charge is -2.32. The number of nitrogens with zero attached hydrogens (tertiary/aromatic N) is 2. The highest BCUT2D eigenvalue weighted by molar-refractivity contribution is 6.22. The summed E-state index contributed by atoms with van der Waals surface area (Å²) < 4.78 is 0. The fourth-order valence-electron chi connectivity index (χ4n) is 3.19. The van der Waals surface area contributed by atoms with Crippen molar-refractivity contribution >= 4 is 17.7 Å². The highest BCUT2D eigenvalue weighted by Crippen LogP contribution is 2.24. The molecule has 2 aliphatic rings. The summed E-state index contributed by atoms with van der Waals surface area (Å²) in [7, 11) is 1.75. The molecule has 2 aliphatic heterocycles. The van der Waals surface area contributed by atoms with E-state index in [0.29, 0.717) is 11.1 Å². The molecule has 0 spiro atoms. The van der Waals surface area contributed by atoms with Crippen molar-refractivity contribution in [2.45, 2.75) is 25.8 Å². The van der Waals surface area contributed by atoms with Gasteiger partial charge in [0.1, 0.15) is 6.54 Å². The number of imide groups is 1. The Labute approximate surface area is 135 Å². The zero-order valence-corrected chi connectivity index (χ0v) is 13.5. The first kappa shape index (κ1) is 15.7. The van der Waals surface area contributed by atoms with Gasteiger partial charge in [0.25, 0.3) is 11.8 Å². The Hall–Kier alpha value is -2.21. The lowest BCUT2D eigenvalue weighted by Crippen LogP contribution is -2.48. The van der Waals surface area contributed by atoms with Crippen LogP contribution in [0.3, 0.4) is 0 Å². The number of carbonyl (C=O) groups excluding carboxylic acids is 3. The van der Waals surface area contributed by atoms with Crippen molar-refractivity contribution in [2.24, 2.45) is 0 Å². The molecule has 0 aromatic heterocycles. The fourth-order valence-corrected chi connectivity index (χ4v) is 3.19. The first-order chi connectivity index (χ1) is 11.0. The number of aryl methyl sites for hydroxylation is 1. The normalized spacial score (nSPS) is 18.3. The minimum atomic E-state index is -0.378. The van der Waals surface area contributed by atoms with Gasteiger partial charge in [0, 0.05) is 13.1 Å². The number of amides is 3. The molecule has 0 radical (unpaired) electrons. The van der Waals surface area contributed by atoms with Crippen LogP contribution in [0.4, 0.5) is 0 Å². The maximum atomic E-state index is 12.5. The van der Waals surface area contributed by atoms with Crippen molar-refractivity contribution in [3.8, 4) is 0 Å². The SMILES string of the molecule is Cc1ccc2c(c1)C(=O)N(CC(=O)N(C)C1CCNCC1)C2=O. The summed E-state index contributed by atoms with van der Waals surface area (Å²) in [5.41, 5.74) is 1.70. The number of rotatable bonds is 3. The summed E-state index contributed by atoms with van der Waals surface area (Å²) in [6.45, 7) is 3.45. The van der Waals surface area contributed by atoms with E-state index in [1.807, 2.05) is 6.92 Å². The molecule has 0 bridgehead atoms. The Morgan fingerprint density at radius 1 is 1.22 bits per heavy atom. The number of likely N-dealkylation sites (N-methyl/N-ethyl adjacent to an activating group) is 1. The van der Waals surface area contributed by atoms with Crippen LogP contribution in [0.25, 0.3) is 0 Å². The van der Waals surface area contributed by atoms with Gasteiger partial charge in [-0.15, -0.1) is 0 Å². The average molecular weight is 315 g/mol. The molecule has 1 saturated heterocycles. The summed E-state index contributed by atoms with van der Waals surface area (Å²) in [5, 5.41) is 3.26. The average Bonchev–Trinajstić information content (AvgIpc) is 2.79. The van der Waals surface area contributed by atoms with Gasteiger partial charge >= 0.3 is 0 Å². The number of hydrogen-bond acceptors (Lipinski definition) is 4. The van der Waals surface area contributed by atoms with Crippen LogP contribution in [0.15, 0.2) is 18.2 Å². The third kappa shape index (κ3) is 2.86. The highest BCUT2D eigenvalue weighted by Gasteiger charge is 2.37. The molecule has 1 aromatic rings. The Balaban J connectivity index is 1.72. The van der Waals surface area contributed by atoms with Gasteiger partial charge in [0.2, 0.25) is 5.91 Å². The summed E-state index contributed by atoms with van der Waals surface area (Å²) in [6, 6.07) is 5.33. The highest BCUT2D eigenvalue weighted by atomic mass is 16.2. The van der Waals surface area contributed by atoms with Gasteiger partial charge in [-0.05, 0) is 45.0 Å². The van der Waals surface area contributed by atoms with Gasteiger partial charge in [-0.1, -0.05) is 11.6 Å². The number of hydrogen-bond donors (Lipinski definition) is 1. The van der Waals surface area contributed by atoms with Gasteiger partial charge in [-0.2, -0.15) is 0 Å². The molecule has 1 aromatic carbocycles. The quantitative estimate of drug-likeness (QED) is 0.838. The Morgan fingerprint density at radius 3 is 2.57 bits per heavy atom. The van der Waals surface area contributed by atoms with Crippen LogP contribution in [0.1, 0.15) is 39.1 Å². The summed E-state index contributed by atoms with van der Waals surface area (Å²) in [5.74, 6) is -0.944. The van der Waals surface area contributed by atoms with E-state index in [1.54, 1.807) is 30.1 Å². The predicted octanol–water partition coefficient (Wildman–Crippen LogP) is 0.801. The van der Waals surface area contributed by atoms with Crippen molar-refractivity contribution in [1.29, 1.82) is 0 Å². The predicted molar refractivity (Wildman–Crippen MR) is 85.2 cm³/mol. The molecule has 1 fully saturated rings. The number of piperidine rings is 1. The smallest absolute Gasteiger partial charge is 0.262 e. The zero-order chi connectivity index (χ0) is 16.6. The molecular formula is C17H21N3O3. The van der Waals surface area contributed by atoms with Crippen LogP contribution in [-0.4, -0.2) is 60.2 Å². The fraction of sp³-hybridized carbons (Fsp3) is 0.471. The van der Waals surface area contributed by atoms with E-state index in [1.165, 1.54) is 0 Å². The number of fused-ring (bicyclic) bond motifs is 1. The largest absolute Gasteiger partial charge is 0.341 e. The van der Waals surface area contributed by atoms with Gasteiger partial charge < -0.3 is 10.2 Å². The molecule has 0 unspecified atom stereocenters. The van der Waals surface area contributed by atoms with E-state index in [0.717, 1.165) is 36.4 Å². The van der Waals surface area contributed by atoms with E-state index < -0.39 is 0 Å². The van der Waals surface area contributed by atoms with E-state index in [9.17, 15) is 14.4 Å². The minimum Gasteiger partial charge on any atom is -0.341 e. The van der Waals surface area contributed by atoms with E-state index in [2.05, 4.69) is 5.32 Å². The molecule has 2 heterocycles. The van der Waals surface area contributed by atoms with Crippen molar-refractivity contribution in [1.82, 2.24) is 15.1 Å². The minimum absolute atomic E-state index is 0.168. The van der Waals surface area contributed by atoms with Crippen LogP contribution >= 0.6 is 0 Å². The summed E-state index contributed by atoms with van der Waals surface area (Å²) in [4.78, 5) is 40.0. The van der Waals surface area contributed by atoms with Crippen LogP contribution in [-0.2, 0) is 4.79 Å². The molecule has 122 valence electrons. The Bertz CT molecular complexity index is 665. The topological polar surface area (TPSA) is 69.7 Å². The van der Waals surface area contributed by atoms with Gasteiger partial charge in [0.05, 0.1) is 11.1 Å². The first-order valence-electron chi connectivity index (χ1n) is 7.92. The second-order valence-electron chi connectivity index (χ2n) is 6.23. The second-order valence-corrected chi connectivity index (χ2v) is 6.23. The van der Waals surface area contributed by atoms with Crippen molar-refractivity contribution in [3.63, 3.8) is 0 Å². The molecule has 1 N–H and O–H groups in total. The monoisotopic (exact) mass is 315 g/mol. The molecule has 0 aliphatic carbocycles. The molecule has 23 heavy (non-hydrogen) atoms. The first-order valence-corrected chi connectivity index (χ1v) is 7.92. The van der Waals surface area contributed by atoms with Gasteiger partial charge in [-0.3, -0.25) is 19.3 Å². The zero-order valence-electron chi connectivity index (χ0n) is 13.5. The standard InChI is InChI=1S/C17H21N3O3/c1-11-3-4-13-14(9-11)17(23)20(16(13)22)10-15(21)19(2)12-5-7-18-8-6-12/h3-4,9,12,18H,5-8,10H2,1-2H3. The van der Waals surface area contributed by atoms with Gasteiger partial charge in [0.15, 0.2) is 0 Å². The summed E-state index contributed by atoms with van der Waals surface area (Å²) >= 11 is 0. The molecule has 6 heteroatoms. The van der Waals surface area contributed by atoms with Gasteiger partial charge in [-0.25, -0.2) is 0 Å². The lowest BCUT2D eigenvalue weighted by atomic mass is 10.1. The van der Waals surface area contributed by atoms with Crippen LogP contribution in [0.2, 0.25) is 0 Å². The van der Waals surface area contributed by atoms with Crippen LogP contribution in [0.5, 0.6) is 0 Å². The molecule has 3 amide bonds. The van der Waals surface area contributed by atoms with Crippen molar-refractivity contribution in [2.75, 3.05) is 26.7 Å². The van der Waals surface area contributed by atoms with E-state index in [-0.39, 0.29) is 30.3 Å². The lowest BCUT2D eigenvalue weighted by molar-refractivity contribution is -0.132. The molecular weight excluding hydrogens is 294 g/mol. The third-order valence-corrected chi connectivity index (χ3v) is 4.67. The van der Waals surface area contributed by atoms with E-state index in [4.69, 9.17) is 0 Å². The molecule has 0 saturated carbocycles. The van der Waals surface area contributed by atoms with Crippen LogP contribution < -0.4 is 5.32 Å². The number of carbonyl (C=O) groups is 3.